The Morgan fingerprint density at radius 3 is 2.95 bits per heavy atom. The minimum atomic E-state index is -0.673. The quantitative estimate of drug-likeness (QED) is 0.402. The van der Waals surface area contributed by atoms with E-state index in [2.05, 4.69) is 25.7 Å². The van der Waals surface area contributed by atoms with Gasteiger partial charge in [-0.15, -0.1) is 0 Å². The average molecular weight is 306 g/mol. The lowest BCUT2D eigenvalue weighted by molar-refractivity contribution is -0.385. The van der Waals surface area contributed by atoms with Gasteiger partial charge >= 0.3 is 5.69 Å². The molecule has 22 heavy (non-hydrogen) atoms. The van der Waals surface area contributed by atoms with Crippen molar-refractivity contribution in [2.24, 2.45) is 5.10 Å². The normalized spacial score (nSPS) is 10.6. The van der Waals surface area contributed by atoms with Crippen LogP contribution in [-0.4, -0.2) is 38.5 Å². The number of nitrogens with one attached hydrogen (secondary N) is 2. The van der Waals surface area contributed by atoms with Gasteiger partial charge in [-0.25, -0.2) is 9.89 Å². The molecule has 0 saturated heterocycles. The van der Waals surface area contributed by atoms with E-state index in [1.807, 2.05) is 0 Å². The second-order valence-electron chi connectivity index (χ2n) is 3.88. The Balaban J connectivity index is 2.28. The number of anilines is 1. The van der Waals surface area contributed by atoms with Crippen molar-refractivity contribution in [2.45, 2.75) is 0 Å². The highest BCUT2D eigenvalue weighted by Gasteiger charge is 2.17. The molecule has 11 nitrogen and oxygen atoms in total. The number of hydrogen-bond acceptors (Lipinski definition) is 9. The fraction of sp³-hybridized carbons (Fsp3) is 0.0909. The fourth-order valence-corrected chi connectivity index (χ4v) is 1.53. The van der Waals surface area contributed by atoms with E-state index in [0.29, 0.717) is 0 Å². The molecule has 0 aliphatic rings. The summed E-state index contributed by atoms with van der Waals surface area (Å²) >= 11 is 0. The molecule has 0 fully saturated rings. The topological polar surface area (TPSA) is 156 Å². The highest BCUT2D eigenvalue weighted by molar-refractivity contribution is 5.87. The first-order chi connectivity index (χ1) is 10.5. The molecule has 1 aromatic heterocycles. The minimum Gasteiger partial charge on any atom is -0.504 e. The summed E-state index contributed by atoms with van der Waals surface area (Å²) in [7, 11) is 1.28. The van der Waals surface area contributed by atoms with Crippen LogP contribution in [0.1, 0.15) is 5.56 Å². The van der Waals surface area contributed by atoms with Crippen LogP contribution in [0.25, 0.3) is 0 Å². The van der Waals surface area contributed by atoms with E-state index in [1.165, 1.54) is 13.3 Å². The summed E-state index contributed by atoms with van der Waals surface area (Å²) in [5.74, 6) is -0.247. The number of aromatic hydroxyl groups is 1. The number of aromatic nitrogens is 3. The number of phenolic OH excluding ortho intramolecular Hbond substituents is 1. The molecule has 114 valence electrons. The number of H-pyrrole nitrogens is 1. The number of hydrogen-bond donors (Lipinski definition) is 3. The highest BCUT2D eigenvalue weighted by atomic mass is 16.6. The predicted octanol–water partition coefficient (Wildman–Crippen LogP) is 0.233. The number of aromatic amines is 1. The van der Waals surface area contributed by atoms with Gasteiger partial charge in [-0.05, 0) is 6.07 Å². The number of hydrazone groups is 1. The summed E-state index contributed by atoms with van der Waals surface area (Å²) in [4.78, 5) is 24.8. The van der Waals surface area contributed by atoms with Gasteiger partial charge in [0.05, 0.1) is 36.1 Å². The van der Waals surface area contributed by atoms with Gasteiger partial charge in [-0.3, -0.25) is 15.5 Å². The van der Waals surface area contributed by atoms with Crippen LogP contribution in [-0.2, 0) is 0 Å². The number of nitro benzene ring substituents is 1. The molecule has 1 aromatic carbocycles. The van der Waals surface area contributed by atoms with Crippen molar-refractivity contribution < 1.29 is 14.8 Å². The molecular weight excluding hydrogens is 296 g/mol. The van der Waals surface area contributed by atoms with Gasteiger partial charge in [-0.2, -0.15) is 15.2 Å². The lowest BCUT2D eigenvalue weighted by atomic mass is 10.1. The molecule has 0 saturated carbocycles. The lowest BCUT2D eigenvalue weighted by Gasteiger charge is -2.05. The molecule has 2 aromatic rings. The van der Waals surface area contributed by atoms with Crippen molar-refractivity contribution in [1.29, 1.82) is 0 Å². The summed E-state index contributed by atoms with van der Waals surface area (Å²) in [5.41, 5.74) is 1.44. The minimum absolute atomic E-state index is 0.0303. The number of methoxy groups -OCH3 is 1. The predicted molar refractivity (Wildman–Crippen MR) is 75.2 cm³/mol. The van der Waals surface area contributed by atoms with Gasteiger partial charge in [0, 0.05) is 0 Å². The Hall–Kier alpha value is -3.50. The average Bonchev–Trinajstić information content (AvgIpc) is 2.47. The third-order valence-corrected chi connectivity index (χ3v) is 2.48. The van der Waals surface area contributed by atoms with Crippen LogP contribution in [0.5, 0.6) is 11.5 Å². The van der Waals surface area contributed by atoms with E-state index in [1.54, 1.807) is 0 Å². The number of ether oxygens (including phenoxy) is 1. The highest BCUT2D eigenvalue weighted by Crippen LogP contribution is 2.32. The van der Waals surface area contributed by atoms with Crippen molar-refractivity contribution in [3.05, 3.63) is 44.5 Å². The van der Waals surface area contributed by atoms with Crippen molar-refractivity contribution in [3.63, 3.8) is 0 Å². The first kappa shape index (κ1) is 14.9. The summed E-state index contributed by atoms with van der Waals surface area (Å²) in [5, 5.41) is 29.9. The van der Waals surface area contributed by atoms with Crippen LogP contribution in [0, 0.1) is 10.1 Å². The Bertz CT molecular complexity index is 787. The maximum absolute atomic E-state index is 11.0. The Morgan fingerprint density at radius 2 is 2.32 bits per heavy atom. The second-order valence-corrected chi connectivity index (χ2v) is 3.88. The van der Waals surface area contributed by atoms with Crippen molar-refractivity contribution >= 4 is 17.7 Å². The fourth-order valence-electron chi connectivity index (χ4n) is 1.53. The maximum atomic E-state index is 11.0. The van der Waals surface area contributed by atoms with Gasteiger partial charge in [0.1, 0.15) is 0 Å². The summed E-state index contributed by atoms with van der Waals surface area (Å²) in [6.45, 7) is 0. The largest absolute Gasteiger partial charge is 0.504 e. The second kappa shape index (κ2) is 6.30. The molecule has 11 heteroatoms. The van der Waals surface area contributed by atoms with E-state index in [9.17, 15) is 20.0 Å². The van der Waals surface area contributed by atoms with Crippen LogP contribution in [0.15, 0.2) is 28.2 Å². The maximum Gasteiger partial charge on any atom is 0.363 e. The number of phenols is 1. The Morgan fingerprint density at radius 1 is 1.55 bits per heavy atom. The van der Waals surface area contributed by atoms with Gasteiger partial charge in [-0.1, -0.05) is 0 Å². The first-order valence-corrected chi connectivity index (χ1v) is 5.77. The molecule has 0 bridgehead atoms. The zero-order valence-electron chi connectivity index (χ0n) is 11.2. The lowest BCUT2D eigenvalue weighted by Crippen LogP contribution is -2.13. The number of benzene rings is 1. The SMILES string of the molecule is COc1cc([N+](=O)[O-])c(/C=N/Nc2cn[nH]c(=O)n2)cc1O. The third-order valence-electron chi connectivity index (χ3n) is 2.48. The number of nitrogens with zero attached hydrogens (tertiary/aromatic N) is 4. The summed E-state index contributed by atoms with van der Waals surface area (Å²) in [6.07, 6.45) is 2.30. The van der Waals surface area contributed by atoms with E-state index in [0.717, 1.165) is 18.3 Å². The standard InChI is InChI=1S/C11H10N6O5/c1-22-9-3-7(17(20)21)6(2-8(9)18)4-12-15-10-5-13-16-11(19)14-10/h2-5,18H,1H3,(H2,14,15,16,19)/b12-4+. The first-order valence-electron chi connectivity index (χ1n) is 5.77. The summed E-state index contributed by atoms with van der Waals surface area (Å²) < 4.78 is 4.81. The molecule has 3 N–H and O–H groups in total. The van der Waals surface area contributed by atoms with Crippen LogP contribution >= 0.6 is 0 Å². The van der Waals surface area contributed by atoms with Gasteiger partial charge in [0.25, 0.3) is 5.69 Å². The molecule has 0 radical (unpaired) electrons. The molecule has 1 heterocycles. The molecule has 0 atom stereocenters. The molecular formula is C11H10N6O5. The Kier molecular flexibility index (Phi) is 4.27. The molecule has 0 aliphatic carbocycles. The molecule has 2 rings (SSSR count). The summed E-state index contributed by atoms with van der Waals surface area (Å²) in [6, 6.07) is 2.20. The number of nitro groups is 1. The molecule has 0 unspecified atom stereocenters. The van der Waals surface area contributed by atoms with Crippen molar-refractivity contribution in [2.75, 3.05) is 12.5 Å². The van der Waals surface area contributed by atoms with E-state index in [4.69, 9.17) is 4.74 Å². The monoisotopic (exact) mass is 306 g/mol. The zero-order valence-corrected chi connectivity index (χ0v) is 11.2. The van der Waals surface area contributed by atoms with Gasteiger partial charge in [0.15, 0.2) is 17.3 Å². The third kappa shape index (κ3) is 3.33. The van der Waals surface area contributed by atoms with Crippen LogP contribution < -0.4 is 15.9 Å². The van der Waals surface area contributed by atoms with Gasteiger partial charge in [0.2, 0.25) is 0 Å². The van der Waals surface area contributed by atoms with Crippen LogP contribution in [0.4, 0.5) is 11.5 Å². The van der Waals surface area contributed by atoms with E-state index < -0.39 is 10.6 Å². The molecule has 0 aliphatic heterocycles. The van der Waals surface area contributed by atoms with E-state index in [-0.39, 0.29) is 28.6 Å². The Labute approximate surface area is 122 Å². The van der Waals surface area contributed by atoms with Gasteiger partial charge < -0.3 is 9.84 Å². The van der Waals surface area contributed by atoms with Crippen molar-refractivity contribution in [3.8, 4) is 11.5 Å². The smallest absolute Gasteiger partial charge is 0.363 e. The molecule has 0 amide bonds. The van der Waals surface area contributed by atoms with Crippen molar-refractivity contribution in [1.82, 2.24) is 15.2 Å². The van der Waals surface area contributed by atoms with Crippen LogP contribution in [0.2, 0.25) is 0 Å². The molecule has 0 spiro atoms. The number of rotatable bonds is 5. The van der Waals surface area contributed by atoms with E-state index >= 15 is 0 Å². The zero-order chi connectivity index (χ0) is 16.1. The van der Waals surface area contributed by atoms with Crippen LogP contribution in [0.3, 0.4) is 0 Å².